The number of ether oxygens (including phenoxy) is 1. The predicted molar refractivity (Wildman–Crippen MR) is 126 cm³/mol. The number of carbonyl (C=O) groups is 1. The number of rotatable bonds is 6. The smallest absolute Gasteiger partial charge is 0.251 e. The van der Waals surface area contributed by atoms with Crippen molar-refractivity contribution in [3.05, 3.63) is 59.9 Å². The molecule has 4 rings (SSSR count). The Balaban J connectivity index is 1.50. The fourth-order valence-electron chi connectivity index (χ4n) is 4.36. The van der Waals surface area contributed by atoms with Gasteiger partial charge in [0.1, 0.15) is 5.82 Å². The molecule has 1 aliphatic heterocycles. The van der Waals surface area contributed by atoms with E-state index in [0.717, 1.165) is 23.4 Å². The van der Waals surface area contributed by atoms with Gasteiger partial charge in [-0.15, -0.1) is 0 Å². The summed E-state index contributed by atoms with van der Waals surface area (Å²) in [5.41, 5.74) is 2.30. The number of hydrogen-bond acceptors (Lipinski definition) is 5. The summed E-state index contributed by atoms with van der Waals surface area (Å²) in [6.07, 6.45) is -0.329. The van der Waals surface area contributed by atoms with Gasteiger partial charge in [0.2, 0.25) is 10.0 Å². The van der Waals surface area contributed by atoms with E-state index < -0.39 is 10.0 Å². The van der Waals surface area contributed by atoms with E-state index in [-0.39, 0.29) is 29.1 Å². The van der Waals surface area contributed by atoms with Crippen LogP contribution in [0.3, 0.4) is 0 Å². The summed E-state index contributed by atoms with van der Waals surface area (Å²) in [5, 5.41) is 2.98. The van der Waals surface area contributed by atoms with E-state index >= 15 is 0 Å². The molecular weight excluding hydrogens is 440 g/mol. The van der Waals surface area contributed by atoms with Crippen molar-refractivity contribution >= 4 is 27.0 Å². The van der Waals surface area contributed by atoms with Gasteiger partial charge in [-0.3, -0.25) is 4.79 Å². The van der Waals surface area contributed by atoms with E-state index in [4.69, 9.17) is 9.72 Å². The molecule has 3 atom stereocenters. The minimum absolute atomic E-state index is 0.164. The minimum atomic E-state index is -3.65. The van der Waals surface area contributed by atoms with Crippen LogP contribution in [0.25, 0.3) is 11.0 Å². The van der Waals surface area contributed by atoms with Crippen LogP contribution in [0.5, 0.6) is 0 Å². The van der Waals surface area contributed by atoms with Gasteiger partial charge in [0.25, 0.3) is 5.91 Å². The second-order valence-corrected chi connectivity index (χ2v) is 10.4. The Morgan fingerprint density at radius 3 is 2.39 bits per heavy atom. The lowest BCUT2D eigenvalue weighted by molar-refractivity contribution is -0.0440. The van der Waals surface area contributed by atoms with Crippen LogP contribution in [0.4, 0.5) is 0 Å². The van der Waals surface area contributed by atoms with Crippen molar-refractivity contribution in [1.82, 2.24) is 19.2 Å². The number of benzene rings is 2. The lowest BCUT2D eigenvalue weighted by Gasteiger charge is -2.34. The van der Waals surface area contributed by atoms with Gasteiger partial charge < -0.3 is 14.6 Å². The molecule has 1 aromatic heterocycles. The van der Waals surface area contributed by atoms with Crippen LogP contribution >= 0.6 is 0 Å². The van der Waals surface area contributed by atoms with Crippen LogP contribution in [-0.2, 0) is 21.3 Å². The normalized spacial score (nSPS) is 20.6. The van der Waals surface area contributed by atoms with Crippen LogP contribution in [0.1, 0.15) is 49.9 Å². The number of nitrogens with one attached hydrogen (secondary N) is 1. The third-order valence-electron chi connectivity index (χ3n) is 5.88. The van der Waals surface area contributed by atoms with Crippen molar-refractivity contribution in [1.29, 1.82) is 0 Å². The van der Waals surface area contributed by atoms with Gasteiger partial charge in [-0.2, -0.15) is 4.31 Å². The Kier molecular flexibility index (Phi) is 6.56. The largest absolute Gasteiger partial charge is 0.373 e. The lowest BCUT2D eigenvalue weighted by Crippen LogP contribution is -2.48. The molecular formula is C24H30N4O4S. The maximum absolute atomic E-state index is 13.0. The van der Waals surface area contributed by atoms with Crippen molar-refractivity contribution in [2.75, 3.05) is 13.1 Å². The minimum Gasteiger partial charge on any atom is -0.373 e. The van der Waals surface area contributed by atoms with Crippen LogP contribution in [-0.4, -0.2) is 53.5 Å². The van der Waals surface area contributed by atoms with Gasteiger partial charge in [0.15, 0.2) is 0 Å². The molecule has 0 bridgehead atoms. The summed E-state index contributed by atoms with van der Waals surface area (Å²) < 4.78 is 35.2. The van der Waals surface area contributed by atoms with E-state index in [0.29, 0.717) is 18.7 Å². The Morgan fingerprint density at radius 1 is 1.12 bits per heavy atom. The molecule has 3 unspecified atom stereocenters. The summed E-state index contributed by atoms with van der Waals surface area (Å²) in [6.45, 7) is 9.02. The summed E-state index contributed by atoms with van der Waals surface area (Å²) in [4.78, 5) is 17.7. The number of fused-ring (bicyclic) bond motifs is 1. The van der Waals surface area contributed by atoms with E-state index in [9.17, 15) is 13.2 Å². The number of sulfonamides is 1. The molecule has 1 saturated heterocycles. The molecule has 2 aromatic carbocycles. The topological polar surface area (TPSA) is 93.5 Å². The SMILES string of the molecule is CCn1c(C(C)NC(=O)c2ccc(S(=O)(=O)N3CC(C)OC(C)C3)cc2)nc2ccccc21. The van der Waals surface area contributed by atoms with Gasteiger partial charge in [-0.05, 0) is 64.1 Å². The van der Waals surface area contributed by atoms with Crippen molar-refractivity contribution in [2.45, 2.75) is 57.4 Å². The predicted octanol–water partition coefficient (Wildman–Crippen LogP) is 3.35. The fraction of sp³-hybridized carbons (Fsp3) is 0.417. The van der Waals surface area contributed by atoms with Crippen molar-refractivity contribution in [3.63, 3.8) is 0 Å². The molecule has 3 aromatic rings. The highest BCUT2D eigenvalue weighted by Crippen LogP contribution is 2.23. The number of carbonyl (C=O) groups excluding carboxylic acids is 1. The van der Waals surface area contributed by atoms with Crippen molar-refractivity contribution < 1.29 is 17.9 Å². The van der Waals surface area contributed by atoms with Crippen molar-refractivity contribution in [3.8, 4) is 0 Å². The number of imidazole rings is 1. The maximum Gasteiger partial charge on any atom is 0.251 e. The fourth-order valence-corrected chi connectivity index (χ4v) is 5.95. The molecule has 1 N–H and O–H groups in total. The molecule has 0 aliphatic carbocycles. The summed E-state index contributed by atoms with van der Waals surface area (Å²) >= 11 is 0. The second-order valence-electron chi connectivity index (χ2n) is 8.50. The number of nitrogens with zero attached hydrogens (tertiary/aromatic N) is 3. The zero-order chi connectivity index (χ0) is 23.8. The molecule has 1 aliphatic rings. The number of para-hydroxylation sites is 2. The molecule has 0 saturated carbocycles. The molecule has 176 valence electrons. The van der Waals surface area contributed by atoms with Gasteiger partial charge in [0, 0.05) is 25.2 Å². The first-order valence-electron chi connectivity index (χ1n) is 11.2. The zero-order valence-corrected chi connectivity index (χ0v) is 20.2. The number of amides is 1. The first kappa shape index (κ1) is 23.4. The van der Waals surface area contributed by atoms with Gasteiger partial charge >= 0.3 is 0 Å². The average Bonchev–Trinajstić information content (AvgIpc) is 3.17. The second kappa shape index (κ2) is 9.24. The molecule has 9 heteroatoms. The Hall–Kier alpha value is -2.75. The molecule has 0 radical (unpaired) electrons. The first-order valence-corrected chi connectivity index (χ1v) is 12.7. The quantitative estimate of drug-likeness (QED) is 0.596. The third-order valence-corrected chi connectivity index (χ3v) is 7.72. The highest BCUT2D eigenvalue weighted by molar-refractivity contribution is 7.89. The van der Waals surface area contributed by atoms with Gasteiger partial charge in [-0.1, -0.05) is 12.1 Å². The summed E-state index contributed by atoms with van der Waals surface area (Å²) in [7, 11) is -3.65. The molecule has 2 heterocycles. The number of aryl methyl sites for hydroxylation is 1. The lowest BCUT2D eigenvalue weighted by atomic mass is 10.2. The third kappa shape index (κ3) is 4.66. The molecule has 8 nitrogen and oxygen atoms in total. The van der Waals surface area contributed by atoms with Crippen molar-refractivity contribution in [2.24, 2.45) is 0 Å². The molecule has 1 fully saturated rings. The van der Waals surface area contributed by atoms with Crippen LogP contribution < -0.4 is 5.32 Å². The molecule has 33 heavy (non-hydrogen) atoms. The van der Waals surface area contributed by atoms with Crippen LogP contribution in [0.2, 0.25) is 0 Å². The van der Waals surface area contributed by atoms with Crippen LogP contribution in [0, 0.1) is 0 Å². The number of hydrogen-bond donors (Lipinski definition) is 1. The number of aromatic nitrogens is 2. The highest BCUT2D eigenvalue weighted by atomic mass is 32.2. The van der Waals surface area contributed by atoms with Gasteiger partial charge in [-0.25, -0.2) is 13.4 Å². The average molecular weight is 471 g/mol. The standard InChI is InChI=1S/C24H30N4O4S/c1-5-28-22-9-7-6-8-21(22)26-23(28)18(4)25-24(29)19-10-12-20(13-11-19)33(30,31)27-14-16(2)32-17(3)15-27/h6-13,16-18H,5,14-15H2,1-4H3,(H,25,29). The Bertz CT molecular complexity index is 1240. The van der Waals surface area contributed by atoms with E-state index in [2.05, 4.69) is 9.88 Å². The van der Waals surface area contributed by atoms with E-state index in [1.165, 1.54) is 16.4 Å². The zero-order valence-electron chi connectivity index (χ0n) is 19.4. The monoisotopic (exact) mass is 470 g/mol. The highest BCUT2D eigenvalue weighted by Gasteiger charge is 2.32. The Labute approximate surface area is 194 Å². The molecule has 1 amide bonds. The Morgan fingerprint density at radius 2 is 1.76 bits per heavy atom. The van der Waals surface area contributed by atoms with E-state index in [1.54, 1.807) is 12.1 Å². The van der Waals surface area contributed by atoms with E-state index in [1.807, 2.05) is 52.0 Å². The number of morpholine rings is 1. The summed E-state index contributed by atoms with van der Waals surface area (Å²) in [5.74, 6) is 0.497. The van der Waals surface area contributed by atoms with Crippen LogP contribution in [0.15, 0.2) is 53.4 Å². The summed E-state index contributed by atoms with van der Waals surface area (Å²) in [6, 6.07) is 13.6. The first-order chi connectivity index (χ1) is 15.7. The molecule has 0 spiro atoms. The van der Waals surface area contributed by atoms with Gasteiger partial charge in [0.05, 0.1) is 34.2 Å². The maximum atomic E-state index is 13.0.